The number of halogens is 6. The molecule has 32 heteroatoms. The molecule has 0 saturated heterocycles. The smallest absolute Gasteiger partial charge is 0.310 e. The van der Waals surface area contributed by atoms with Gasteiger partial charge in [-0.05, 0) is 303 Å². The lowest BCUT2D eigenvalue weighted by Gasteiger charge is -2.30. The first-order valence-corrected chi connectivity index (χ1v) is 49.4. The molecule has 6 aliphatic carbocycles. The van der Waals surface area contributed by atoms with Crippen LogP contribution in [0.4, 0.5) is 47.3 Å². The number of ether oxygens (including phenoxy) is 1. The lowest BCUT2D eigenvalue weighted by atomic mass is 9.88. The van der Waals surface area contributed by atoms with E-state index >= 15 is 4.39 Å². The monoisotopic (exact) mass is 1980 g/mol. The van der Waals surface area contributed by atoms with Crippen LogP contribution < -0.4 is 26.6 Å². The Morgan fingerprint density at radius 3 is 1.18 bits per heavy atom. The standard InChI is InChI=1S/2C23H19ClFN3O2.C22H22FN3O2.C22H29N3O2.C21H28FN3O3/c2*1-23(30,15-5-3-2-4-6-15)14-21(29)27-22-26-19-12-7-16(24)13-20(19)28(22)18-10-8-17(25)9-11-18;1-21(2,28)13-3-8-17-18(11-13)26(15-6-4-14(23)5-7-15)20(24-17)25-19(27)16-12-22(16)9-10-22;1-3-22(27,4-2)14-8-9-17-18(12-14)25(15-6-5-7-15)20(23-17)24-19(26)16-13-21(16)10-11-21;1-5-28-17(27)11-13-9-10-15-19(18(13)22)25(14-7-6-8-14)20(23-15)24-16(26)12-21(2,3)4/h2*2-13,30H,14H2,1H3,(H,26,27,29);3-8,11,16,28H,9-10,12H2,1-2H3,(H,24,25,27);8-9,12,15-16,27H,3-7,10-11,13H2,1-2H3,(H,23,24,26);9-10,14H,5-8,11-12H2,1-4H3,(H,23,24,26)/t2*23-;;;/m10.../s1. The van der Waals surface area contributed by atoms with E-state index in [2.05, 4.69) is 57.2 Å². The highest BCUT2D eigenvalue weighted by Crippen LogP contribution is 2.71. The zero-order valence-electron chi connectivity index (χ0n) is 81.4. The molecule has 6 aliphatic rings. The molecular weight excluding hydrogens is 1870 g/mol. The normalized spacial score (nSPS) is 16.7. The molecule has 0 radical (unpaired) electrons. The van der Waals surface area contributed by atoms with Gasteiger partial charge in [0, 0.05) is 63.0 Å². The summed E-state index contributed by atoms with van der Waals surface area (Å²) < 4.78 is 69.7. The van der Waals surface area contributed by atoms with Gasteiger partial charge in [0.2, 0.25) is 59.3 Å². The highest BCUT2D eigenvalue weighted by Gasteiger charge is 2.67. The number of esters is 1. The zero-order valence-corrected chi connectivity index (χ0v) is 82.9. The van der Waals surface area contributed by atoms with Crippen molar-refractivity contribution in [2.75, 3.05) is 33.2 Å². The van der Waals surface area contributed by atoms with Crippen LogP contribution in [0.15, 0.2) is 218 Å². The minimum absolute atomic E-state index is 0.00104. The van der Waals surface area contributed by atoms with Crippen LogP contribution in [0.5, 0.6) is 0 Å². The van der Waals surface area contributed by atoms with Crippen LogP contribution in [-0.4, -0.2) is 110 Å². The minimum Gasteiger partial charge on any atom is -0.466 e. The Balaban J connectivity index is 0.000000123. The van der Waals surface area contributed by atoms with Gasteiger partial charge in [-0.1, -0.05) is 137 Å². The van der Waals surface area contributed by atoms with Gasteiger partial charge in [0.05, 0.1) is 97.9 Å². The fraction of sp³-hybridized carbons (Fsp3) is 0.360. The maximum atomic E-state index is 15.3. The van der Waals surface area contributed by atoms with E-state index in [4.69, 9.17) is 32.9 Å². The van der Waals surface area contributed by atoms with Crippen molar-refractivity contribution < 1.29 is 71.5 Å². The third kappa shape index (κ3) is 22.6. The summed E-state index contributed by atoms with van der Waals surface area (Å²) in [6, 6.07) is 61.4. The number of nitrogens with zero attached hydrogens (tertiary/aromatic N) is 10. The van der Waals surface area contributed by atoms with E-state index in [0.717, 1.165) is 85.5 Å². The van der Waals surface area contributed by atoms with Crippen LogP contribution in [0.1, 0.15) is 218 Å². The molecule has 5 amide bonds. The van der Waals surface area contributed by atoms with Crippen LogP contribution in [0.3, 0.4) is 0 Å². The molecule has 5 heterocycles. The van der Waals surface area contributed by atoms with Crippen LogP contribution in [0, 0.1) is 51.3 Å². The number of aliphatic hydroxyl groups is 4. The van der Waals surface area contributed by atoms with Crippen molar-refractivity contribution in [3.05, 3.63) is 280 Å². The van der Waals surface area contributed by atoms with Gasteiger partial charge >= 0.3 is 5.97 Å². The first-order chi connectivity index (χ1) is 68.1. The fourth-order valence-electron chi connectivity index (χ4n) is 19.0. The molecule has 6 saturated carbocycles. The Hall–Kier alpha value is -13.5. The molecule has 0 aliphatic heterocycles. The molecule has 9 N–H and O–H groups in total. The summed E-state index contributed by atoms with van der Waals surface area (Å²) in [6.07, 6.45) is 14.3. The second-order valence-electron chi connectivity index (χ2n) is 40.6. The SMILES string of the molecule is CC(C)(O)c1ccc2nc(NC(=O)C3CC34CC4)n(-c3ccc(F)cc3)c2c1.CCC(O)(CC)c1ccc2nc(NC(=O)C3CC34CC4)n(C3CCC3)c2c1.CCOC(=O)Cc1ccc2nc(NC(=O)CC(C)(C)C)n(C3CCC3)c2c1F.C[C@@](O)(CC(=O)Nc1nc2ccc(Cl)cc2n1-c1ccc(F)cc1)c1ccccc1.C[C@](O)(CC(=O)Nc1nc2ccc(Cl)cc2n1-c1ccc(F)cc1)c1ccccc1. The topological polar surface area (TPSA) is 342 Å². The van der Waals surface area contributed by atoms with Crippen LogP contribution in [0.2, 0.25) is 10.0 Å². The van der Waals surface area contributed by atoms with Crippen molar-refractivity contribution in [1.29, 1.82) is 0 Å². The Labute approximate surface area is 835 Å². The van der Waals surface area contributed by atoms with Gasteiger partial charge in [-0.25, -0.2) is 42.5 Å². The van der Waals surface area contributed by atoms with Crippen LogP contribution >= 0.6 is 23.2 Å². The number of nitrogens with one attached hydrogen (secondary N) is 5. The highest BCUT2D eigenvalue weighted by molar-refractivity contribution is 6.31. The third-order valence-corrected chi connectivity index (χ3v) is 28.6. The van der Waals surface area contributed by atoms with Gasteiger partial charge in [0.25, 0.3) is 0 Å². The molecule has 143 heavy (non-hydrogen) atoms. The summed E-state index contributed by atoms with van der Waals surface area (Å²) in [4.78, 5) is 98.0. The molecule has 2 spiro atoms. The van der Waals surface area contributed by atoms with Gasteiger partial charge in [0.1, 0.15) is 23.0 Å². The van der Waals surface area contributed by atoms with Crippen LogP contribution in [0.25, 0.3) is 72.2 Å². The van der Waals surface area contributed by atoms with Crippen molar-refractivity contribution in [1.82, 2.24) is 47.8 Å². The van der Waals surface area contributed by atoms with E-state index in [9.17, 15) is 62.4 Å². The summed E-state index contributed by atoms with van der Waals surface area (Å²) in [5.41, 5.74) is 7.87. The number of hydrogen-bond donors (Lipinski definition) is 9. The molecular formula is C111H117Cl2F4N15O11. The maximum Gasteiger partial charge on any atom is 0.310 e. The minimum atomic E-state index is -1.35. The molecule has 5 aromatic heterocycles. The van der Waals surface area contributed by atoms with Gasteiger partial charge in [-0.3, -0.25) is 69.1 Å². The van der Waals surface area contributed by atoms with E-state index in [0.29, 0.717) is 125 Å². The molecule has 4 atom stereocenters. The molecule has 0 bridgehead atoms. The van der Waals surface area contributed by atoms with Crippen molar-refractivity contribution in [2.45, 2.75) is 219 Å². The molecule has 26 nitrogen and oxygen atoms in total. The number of hydrogen-bond acceptors (Lipinski definition) is 16. The van der Waals surface area contributed by atoms with E-state index in [1.54, 1.807) is 182 Å². The molecule has 744 valence electrons. The Morgan fingerprint density at radius 1 is 0.413 bits per heavy atom. The largest absolute Gasteiger partial charge is 0.466 e. The van der Waals surface area contributed by atoms with Crippen LogP contribution in [-0.2, 0) is 62.3 Å². The zero-order chi connectivity index (χ0) is 102. The van der Waals surface area contributed by atoms with Crippen molar-refractivity contribution in [3.8, 4) is 17.1 Å². The van der Waals surface area contributed by atoms with Crippen molar-refractivity contribution in [3.63, 3.8) is 0 Å². The second kappa shape index (κ2) is 40.7. The molecule has 15 aromatic rings. The average Bonchev–Trinajstić information content (AvgIpc) is 1.54. The molecule has 21 rings (SSSR count). The Morgan fingerprint density at radius 2 is 0.776 bits per heavy atom. The van der Waals surface area contributed by atoms with E-state index in [1.807, 2.05) is 81.7 Å². The molecule has 2 unspecified atom stereocenters. The number of fused-ring (bicyclic) bond motifs is 5. The summed E-state index contributed by atoms with van der Waals surface area (Å²) in [5, 5.41) is 58.5. The fourth-order valence-corrected chi connectivity index (χ4v) is 19.3. The lowest BCUT2D eigenvalue weighted by Crippen LogP contribution is -2.29. The number of aromatic nitrogens is 10. The number of amides is 5. The first kappa shape index (κ1) is 101. The van der Waals surface area contributed by atoms with E-state index < -0.39 is 46.0 Å². The molecule has 6 fully saturated rings. The number of carbonyl (C=O) groups excluding carboxylic acids is 6. The number of imidazole rings is 5. The lowest BCUT2D eigenvalue weighted by molar-refractivity contribution is -0.142. The summed E-state index contributed by atoms with van der Waals surface area (Å²) in [5.74, 6) is -0.566. The van der Waals surface area contributed by atoms with Gasteiger partial charge < -0.3 is 34.3 Å². The number of benzene rings is 10. The maximum absolute atomic E-state index is 15.3. The Kier molecular flexibility index (Phi) is 28.8. The van der Waals surface area contributed by atoms with Crippen molar-refractivity contribution >= 4 is 144 Å². The Bertz CT molecular complexity index is 7100. The molecule has 10 aromatic carbocycles. The second-order valence-corrected chi connectivity index (χ2v) is 41.5. The van der Waals surface area contributed by atoms with E-state index in [1.165, 1.54) is 55.7 Å². The summed E-state index contributed by atoms with van der Waals surface area (Å²) in [7, 11) is 0. The highest BCUT2D eigenvalue weighted by atomic mass is 35.5. The summed E-state index contributed by atoms with van der Waals surface area (Å²) in [6.45, 7) is 18.6. The summed E-state index contributed by atoms with van der Waals surface area (Å²) >= 11 is 12.3. The number of rotatable bonds is 26. The number of anilines is 5. The predicted octanol–water partition coefficient (Wildman–Crippen LogP) is 23.1. The predicted molar refractivity (Wildman–Crippen MR) is 546 cm³/mol. The first-order valence-electron chi connectivity index (χ1n) is 48.7. The van der Waals surface area contributed by atoms with Gasteiger partial charge in [-0.15, -0.1) is 0 Å². The van der Waals surface area contributed by atoms with Gasteiger partial charge in [-0.2, -0.15) is 0 Å². The van der Waals surface area contributed by atoms with Gasteiger partial charge in [0.15, 0.2) is 5.82 Å². The number of carbonyl (C=O) groups is 6. The van der Waals surface area contributed by atoms with E-state index in [-0.39, 0.29) is 107 Å². The average molecular weight is 1980 g/mol. The quantitative estimate of drug-likeness (QED) is 0.0180. The van der Waals surface area contributed by atoms with Crippen molar-refractivity contribution in [2.24, 2.45) is 28.1 Å². The third-order valence-electron chi connectivity index (χ3n) is 28.1.